The molecule has 25 heavy (non-hydrogen) atoms. The molecule has 1 saturated heterocycles. The molecule has 1 aromatic carbocycles. The second-order valence-corrected chi connectivity index (χ2v) is 7.35. The van der Waals surface area contributed by atoms with E-state index in [1.54, 1.807) is 0 Å². The molecule has 0 aliphatic carbocycles. The normalized spacial score (nSPS) is 19.2. The molecule has 7 heteroatoms. The molecule has 3 rings (SSSR count). The van der Waals surface area contributed by atoms with Gasteiger partial charge in [-0.05, 0) is 30.4 Å². The third-order valence-electron chi connectivity index (χ3n) is 5.00. The second kappa shape index (κ2) is 8.39. The lowest BCUT2D eigenvalue weighted by Crippen LogP contribution is -2.54. The van der Waals surface area contributed by atoms with E-state index in [-0.39, 0.29) is 42.2 Å². The highest BCUT2D eigenvalue weighted by atomic mass is 35.5. The summed E-state index contributed by atoms with van der Waals surface area (Å²) in [6.45, 7) is 7.84. The van der Waals surface area contributed by atoms with Crippen molar-refractivity contribution in [1.82, 2.24) is 14.9 Å². The van der Waals surface area contributed by atoms with Gasteiger partial charge in [0.2, 0.25) is 5.91 Å². The van der Waals surface area contributed by atoms with Crippen LogP contribution in [-0.2, 0) is 11.2 Å². The number of imidazole rings is 1. The SMILES string of the molecule is Cc1cccc2[nH]c(CCC(=O)N3CCC(N)C(C)(C)C3)nc12.Cl.Cl. The number of amides is 1. The maximum Gasteiger partial charge on any atom is 0.223 e. The maximum atomic E-state index is 12.5. The minimum Gasteiger partial charge on any atom is -0.342 e. The van der Waals surface area contributed by atoms with Crippen LogP contribution in [0.4, 0.5) is 0 Å². The molecule has 3 N–H and O–H groups in total. The van der Waals surface area contributed by atoms with E-state index in [2.05, 4.69) is 36.8 Å². The zero-order valence-corrected chi connectivity index (χ0v) is 16.7. The first kappa shape index (κ1) is 21.7. The van der Waals surface area contributed by atoms with E-state index in [0.29, 0.717) is 12.8 Å². The first-order valence-electron chi connectivity index (χ1n) is 8.34. The fourth-order valence-corrected chi connectivity index (χ4v) is 3.32. The van der Waals surface area contributed by atoms with Crippen molar-refractivity contribution in [2.45, 2.75) is 46.1 Å². The molecular weight excluding hydrogens is 359 g/mol. The van der Waals surface area contributed by atoms with Crippen molar-refractivity contribution in [2.24, 2.45) is 11.1 Å². The van der Waals surface area contributed by atoms with Crippen LogP contribution in [0.5, 0.6) is 0 Å². The molecule has 140 valence electrons. The highest BCUT2D eigenvalue weighted by Gasteiger charge is 2.35. The molecule has 0 spiro atoms. The van der Waals surface area contributed by atoms with Crippen LogP contribution in [0.1, 0.15) is 38.1 Å². The van der Waals surface area contributed by atoms with Gasteiger partial charge in [0, 0.05) is 32.0 Å². The Labute approximate surface area is 161 Å². The summed E-state index contributed by atoms with van der Waals surface area (Å²) in [6.07, 6.45) is 2.02. The monoisotopic (exact) mass is 386 g/mol. The summed E-state index contributed by atoms with van der Waals surface area (Å²) in [7, 11) is 0. The van der Waals surface area contributed by atoms with E-state index in [0.717, 1.165) is 41.9 Å². The first-order valence-corrected chi connectivity index (χ1v) is 8.34. The van der Waals surface area contributed by atoms with E-state index in [1.165, 1.54) is 0 Å². The lowest BCUT2D eigenvalue weighted by Gasteiger charge is -2.42. The number of nitrogens with zero attached hydrogens (tertiary/aromatic N) is 2. The largest absolute Gasteiger partial charge is 0.342 e. The van der Waals surface area contributed by atoms with Gasteiger partial charge in [-0.3, -0.25) is 4.79 Å². The number of hydrogen-bond acceptors (Lipinski definition) is 3. The van der Waals surface area contributed by atoms with Crippen LogP contribution in [0.25, 0.3) is 11.0 Å². The van der Waals surface area contributed by atoms with E-state index >= 15 is 0 Å². The molecule has 0 bridgehead atoms. The van der Waals surface area contributed by atoms with Crippen molar-refractivity contribution in [1.29, 1.82) is 0 Å². The first-order chi connectivity index (χ1) is 10.9. The number of carbonyl (C=O) groups excluding carboxylic acids is 1. The summed E-state index contributed by atoms with van der Waals surface area (Å²) < 4.78 is 0. The quantitative estimate of drug-likeness (QED) is 0.849. The average molecular weight is 387 g/mol. The zero-order valence-electron chi connectivity index (χ0n) is 15.0. The highest BCUT2D eigenvalue weighted by molar-refractivity contribution is 5.85. The zero-order chi connectivity index (χ0) is 16.6. The van der Waals surface area contributed by atoms with Gasteiger partial charge in [0.15, 0.2) is 0 Å². The van der Waals surface area contributed by atoms with Crippen LogP contribution in [0, 0.1) is 12.3 Å². The number of carbonyl (C=O) groups is 1. The Bertz CT molecular complexity index is 729. The molecule has 1 fully saturated rings. The van der Waals surface area contributed by atoms with Crippen molar-refractivity contribution >= 4 is 41.8 Å². The summed E-state index contributed by atoms with van der Waals surface area (Å²) in [6, 6.07) is 6.26. The number of halogens is 2. The number of aromatic nitrogens is 2. The Balaban J connectivity index is 0.00000156. The number of rotatable bonds is 3. The van der Waals surface area contributed by atoms with Crippen LogP contribution < -0.4 is 5.73 Å². The van der Waals surface area contributed by atoms with Gasteiger partial charge >= 0.3 is 0 Å². The molecule has 1 amide bonds. The van der Waals surface area contributed by atoms with Crippen LogP contribution in [0.2, 0.25) is 0 Å². The number of benzene rings is 1. The molecule has 2 aromatic rings. The van der Waals surface area contributed by atoms with Crippen LogP contribution in [-0.4, -0.2) is 39.9 Å². The number of likely N-dealkylation sites (tertiary alicyclic amines) is 1. The van der Waals surface area contributed by atoms with Gasteiger partial charge in [0.05, 0.1) is 11.0 Å². The van der Waals surface area contributed by atoms with Gasteiger partial charge in [-0.15, -0.1) is 24.8 Å². The summed E-state index contributed by atoms with van der Waals surface area (Å²) in [5.41, 5.74) is 9.33. The molecule has 1 aliphatic heterocycles. The number of para-hydroxylation sites is 1. The van der Waals surface area contributed by atoms with Crippen molar-refractivity contribution in [3.05, 3.63) is 29.6 Å². The van der Waals surface area contributed by atoms with E-state index in [1.807, 2.05) is 17.0 Å². The van der Waals surface area contributed by atoms with E-state index in [4.69, 9.17) is 5.73 Å². The lowest BCUT2D eigenvalue weighted by atomic mass is 9.79. The maximum absolute atomic E-state index is 12.5. The fraction of sp³-hybridized carbons (Fsp3) is 0.556. The molecule has 2 heterocycles. The minimum atomic E-state index is -0.00954. The summed E-state index contributed by atoms with van der Waals surface area (Å²) in [5.74, 6) is 1.08. The van der Waals surface area contributed by atoms with Crippen molar-refractivity contribution in [3.8, 4) is 0 Å². The van der Waals surface area contributed by atoms with Gasteiger partial charge in [0.1, 0.15) is 5.82 Å². The van der Waals surface area contributed by atoms with Crippen molar-refractivity contribution in [2.75, 3.05) is 13.1 Å². The second-order valence-electron chi connectivity index (χ2n) is 7.35. The Hall–Kier alpha value is -1.30. The van der Waals surface area contributed by atoms with Crippen molar-refractivity contribution < 1.29 is 4.79 Å². The molecule has 0 radical (unpaired) electrons. The van der Waals surface area contributed by atoms with Crippen molar-refractivity contribution in [3.63, 3.8) is 0 Å². The van der Waals surface area contributed by atoms with Crippen LogP contribution >= 0.6 is 24.8 Å². The Kier molecular flexibility index (Phi) is 7.29. The Morgan fingerprint density at radius 2 is 2.12 bits per heavy atom. The number of aryl methyl sites for hydroxylation is 2. The minimum absolute atomic E-state index is 0. The fourth-order valence-electron chi connectivity index (χ4n) is 3.32. The highest BCUT2D eigenvalue weighted by Crippen LogP contribution is 2.28. The molecular formula is C18H28Cl2N4O. The molecule has 1 aliphatic rings. The summed E-state index contributed by atoms with van der Waals surface area (Å²) >= 11 is 0. The predicted octanol–water partition coefficient (Wildman–Crippen LogP) is 3.23. The number of hydrogen-bond donors (Lipinski definition) is 2. The van der Waals surface area contributed by atoms with Gasteiger partial charge in [-0.25, -0.2) is 4.98 Å². The van der Waals surface area contributed by atoms with E-state index < -0.39 is 0 Å². The Morgan fingerprint density at radius 3 is 2.76 bits per heavy atom. The number of nitrogens with two attached hydrogens (primary N) is 1. The number of H-pyrrole nitrogens is 1. The third kappa shape index (κ3) is 4.66. The number of nitrogens with one attached hydrogen (secondary N) is 1. The topological polar surface area (TPSA) is 75.0 Å². The predicted molar refractivity (Wildman–Crippen MR) is 107 cm³/mol. The number of aromatic amines is 1. The molecule has 1 unspecified atom stereocenters. The smallest absolute Gasteiger partial charge is 0.223 e. The summed E-state index contributed by atoms with van der Waals surface area (Å²) in [5, 5.41) is 0. The molecule has 0 saturated carbocycles. The van der Waals surface area contributed by atoms with Crippen LogP contribution in [0.15, 0.2) is 18.2 Å². The number of fused-ring (bicyclic) bond motifs is 1. The molecule has 1 atom stereocenters. The molecule has 5 nitrogen and oxygen atoms in total. The van der Waals surface area contributed by atoms with Gasteiger partial charge in [-0.1, -0.05) is 26.0 Å². The van der Waals surface area contributed by atoms with Gasteiger partial charge in [0.25, 0.3) is 0 Å². The lowest BCUT2D eigenvalue weighted by molar-refractivity contribution is -0.134. The molecule has 1 aromatic heterocycles. The standard InChI is InChI=1S/C18H26N4O.2ClH/c1-12-5-4-6-13-17(12)21-15(20-13)7-8-16(23)22-10-9-14(19)18(2,3)11-22;;/h4-6,14H,7-11,19H2,1-3H3,(H,20,21);2*1H. The number of piperidine rings is 1. The third-order valence-corrected chi connectivity index (χ3v) is 5.00. The van der Waals surface area contributed by atoms with Gasteiger partial charge in [-0.2, -0.15) is 0 Å². The van der Waals surface area contributed by atoms with Crippen LogP contribution in [0.3, 0.4) is 0 Å². The summed E-state index contributed by atoms with van der Waals surface area (Å²) in [4.78, 5) is 22.4. The van der Waals surface area contributed by atoms with Gasteiger partial charge < -0.3 is 15.6 Å². The average Bonchev–Trinajstić information content (AvgIpc) is 2.92. The Morgan fingerprint density at radius 1 is 1.40 bits per heavy atom. The van der Waals surface area contributed by atoms with E-state index in [9.17, 15) is 4.79 Å².